The van der Waals surface area contributed by atoms with Gasteiger partial charge in [0.15, 0.2) is 0 Å². The molecule has 3 aliphatic rings. The minimum atomic E-state index is -6.44. The molecule has 3 aliphatic heterocycles. The number of rotatable bonds is 5. The number of fused-ring (bicyclic) bond motifs is 5. The molecule has 25 heavy (non-hydrogen) atoms. The van der Waals surface area contributed by atoms with E-state index >= 15 is 0 Å². The number of cyclic esters (lactones) is 1. The van der Waals surface area contributed by atoms with Gasteiger partial charge >= 0.3 is 33.2 Å². The predicted octanol–water partition coefficient (Wildman–Crippen LogP) is 0.365. The Kier molecular flexibility index (Phi) is 4.04. The van der Waals surface area contributed by atoms with E-state index in [1.165, 1.54) is 0 Å². The van der Waals surface area contributed by atoms with E-state index in [0.717, 1.165) is 0 Å². The van der Waals surface area contributed by atoms with Gasteiger partial charge in [0, 0.05) is 12.3 Å². The summed E-state index contributed by atoms with van der Waals surface area (Å²) in [6.45, 7) is 0.129. The third-order valence-electron chi connectivity index (χ3n) is 4.54. The number of alkyl halides is 4. The zero-order chi connectivity index (χ0) is 18.8. The second-order valence-corrected chi connectivity index (χ2v) is 7.56. The van der Waals surface area contributed by atoms with E-state index in [9.17, 15) is 35.6 Å². The minimum absolute atomic E-state index is 0.0779. The molecule has 142 valence electrons. The number of halogens is 4. The van der Waals surface area contributed by atoms with Gasteiger partial charge in [0.2, 0.25) is 0 Å². The first-order valence-electron chi connectivity index (χ1n) is 7.09. The van der Waals surface area contributed by atoms with Gasteiger partial charge in [0.05, 0.1) is 18.6 Å². The Morgan fingerprint density at radius 3 is 2.56 bits per heavy atom. The number of hydrogen-bond donors (Lipinski definition) is 1. The van der Waals surface area contributed by atoms with Crippen molar-refractivity contribution in [3.8, 4) is 0 Å². The quantitative estimate of drug-likeness (QED) is 0.405. The highest BCUT2D eigenvalue weighted by Crippen LogP contribution is 2.48. The van der Waals surface area contributed by atoms with Crippen LogP contribution in [0.25, 0.3) is 0 Å². The van der Waals surface area contributed by atoms with Gasteiger partial charge in [0.25, 0.3) is 0 Å². The van der Waals surface area contributed by atoms with Crippen molar-refractivity contribution in [2.75, 3.05) is 6.61 Å². The maximum absolute atomic E-state index is 13.4. The van der Waals surface area contributed by atoms with Crippen LogP contribution in [0.3, 0.4) is 0 Å². The molecule has 0 amide bonds. The van der Waals surface area contributed by atoms with E-state index in [4.69, 9.17) is 14.0 Å². The molecule has 0 saturated carbocycles. The zero-order valence-corrected chi connectivity index (χ0v) is 13.0. The van der Waals surface area contributed by atoms with Crippen molar-refractivity contribution in [2.45, 2.75) is 42.3 Å². The Labute approximate surface area is 138 Å². The first-order chi connectivity index (χ1) is 11.3. The Morgan fingerprint density at radius 2 is 1.96 bits per heavy atom. The summed E-state index contributed by atoms with van der Waals surface area (Å²) >= 11 is 0. The number of hydrogen-bond acceptors (Lipinski definition) is 7. The van der Waals surface area contributed by atoms with Crippen LogP contribution in [-0.2, 0) is 33.9 Å². The fourth-order valence-corrected chi connectivity index (χ4v) is 3.82. The third kappa shape index (κ3) is 2.77. The molecule has 0 aromatic rings. The van der Waals surface area contributed by atoms with Gasteiger partial charge in [-0.1, -0.05) is 0 Å². The number of carbonyl (C=O) groups excluding carboxylic acids is 2. The molecule has 0 aliphatic carbocycles. The van der Waals surface area contributed by atoms with Gasteiger partial charge in [0.1, 0.15) is 18.6 Å². The number of ether oxygens (including phenoxy) is 3. The standard InChI is InChI=1S/C12H12F4O8S/c13-11(14,12(15,16)25(19,20)21)2-7(17)23-6-1-5-4-3-22-10(18)8(4)9(6)24-5/h4-6,8-9H,1-3H2,(H,19,20,21). The van der Waals surface area contributed by atoms with E-state index < -0.39 is 63.9 Å². The van der Waals surface area contributed by atoms with Crippen LogP contribution < -0.4 is 0 Å². The van der Waals surface area contributed by atoms with Gasteiger partial charge in [-0.15, -0.1) is 0 Å². The van der Waals surface area contributed by atoms with E-state index in [1.807, 2.05) is 0 Å². The van der Waals surface area contributed by atoms with Gasteiger partial charge in [-0.05, 0) is 0 Å². The predicted molar refractivity (Wildman–Crippen MR) is 67.2 cm³/mol. The van der Waals surface area contributed by atoms with Crippen molar-refractivity contribution in [2.24, 2.45) is 11.8 Å². The average Bonchev–Trinajstić information content (AvgIpc) is 3.09. The van der Waals surface area contributed by atoms with Gasteiger partial charge < -0.3 is 14.2 Å². The lowest BCUT2D eigenvalue weighted by atomic mass is 9.80. The number of carbonyl (C=O) groups is 2. The monoisotopic (exact) mass is 392 g/mol. The van der Waals surface area contributed by atoms with Crippen LogP contribution in [0.5, 0.6) is 0 Å². The van der Waals surface area contributed by atoms with E-state index in [0.29, 0.717) is 0 Å². The zero-order valence-electron chi connectivity index (χ0n) is 12.2. The molecule has 3 rings (SSSR count). The lowest BCUT2D eigenvalue weighted by Crippen LogP contribution is -2.48. The highest BCUT2D eigenvalue weighted by atomic mass is 32.2. The van der Waals surface area contributed by atoms with Crippen LogP contribution in [0, 0.1) is 11.8 Å². The highest BCUT2D eigenvalue weighted by Gasteiger charge is 2.67. The van der Waals surface area contributed by atoms with Gasteiger partial charge in [-0.25, -0.2) is 0 Å². The lowest BCUT2D eigenvalue weighted by Gasteiger charge is -2.27. The maximum Gasteiger partial charge on any atom is 0.432 e. The van der Waals surface area contributed by atoms with Crippen LogP contribution >= 0.6 is 0 Å². The fraction of sp³-hybridized carbons (Fsp3) is 0.833. The van der Waals surface area contributed by atoms with Crippen molar-refractivity contribution in [1.82, 2.24) is 0 Å². The second-order valence-electron chi connectivity index (χ2n) is 6.10. The maximum atomic E-state index is 13.4. The summed E-state index contributed by atoms with van der Waals surface area (Å²) in [5.41, 5.74) is 0. The molecular weight excluding hydrogens is 380 g/mol. The van der Waals surface area contributed by atoms with E-state index in [2.05, 4.69) is 4.74 Å². The molecule has 1 N–H and O–H groups in total. The number of esters is 2. The Hall–Kier alpha value is -1.47. The summed E-state index contributed by atoms with van der Waals surface area (Å²) in [7, 11) is -6.44. The average molecular weight is 392 g/mol. The molecule has 0 aromatic heterocycles. The Morgan fingerprint density at radius 1 is 1.32 bits per heavy atom. The highest BCUT2D eigenvalue weighted by molar-refractivity contribution is 7.87. The fourth-order valence-electron chi connectivity index (χ4n) is 3.37. The lowest BCUT2D eigenvalue weighted by molar-refractivity contribution is -0.187. The van der Waals surface area contributed by atoms with Crippen molar-refractivity contribution >= 4 is 22.1 Å². The molecule has 0 aromatic carbocycles. The van der Waals surface area contributed by atoms with Crippen LogP contribution in [0.2, 0.25) is 0 Å². The summed E-state index contributed by atoms with van der Waals surface area (Å²) in [6, 6.07) is 0. The van der Waals surface area contributed by atoms with Crippen LogP contribution in [0.4, 0.5) is 17.6 Å². The largest absolute Gasteiger partial charge is 0.465 e. The summed E-state index contributed by atoms with van der Waals surface area (Å²) in [6.07, 6.45) is -4.72. The molecule has 3 fully saturated rings. The van der Waals surface area contributed by atoms with Crippen molar-refractivity contribution in [3.63, 3.8) is 0 Å². The smallest absolute Gasteiger partial charge is 0.432 e. The van der Waals surface area contributed by atoms with Crippen molar-refractivity contribution in [1.29, 1.82) is 0 Å². The van der Waals surface area contributed by atoms with Gasteiger partial charge in [-0.2, -0.15) is 26.0 Å². The molecule has 13 heteroatoms. The van der Waals surface area contributed by atoms with Crippen LogP contribution in [0.15, 0.2) is 0 Å². The summed E-state index contributed by atoms with van der Waals surface area (Å²) < 4.78 is 96.9. The normalized spacial score (nSPS) is 34.8. The summed E-state index contributed by atoms with van der Waals surface area (Å²) in [4.78, 5) is 23.1. The molecule has 5 atom stereocenters. The van der Waals surface area contributed by atoms with E-state index in [-0.39, 0.29) is 18.9 Å². The molecular formula is C12H12F4O8S. The first-order valence-corrected chi connectivity index (χ1v) is 8.53. The molecule has 3 heterocycles. The molecule has 3 saturated heterocycles. The summed E-state index contributed by atoms with van der Waals surface area (Å²) in [5.74, 6) is -8.74. The van der Waals surface area contributed by atoms with Crippen LogP contribution in [-0.4, -0.2) is 61.0 Å². The minimum Gasteiger partial charge on any atom is -0.465 e. The third-order valence-corrected chi connectivity index (χ3v) is 5.49. The summed E-state index contributed by atoms with van der Waals surface area (Å²) in [5, 5.41) is -5.86. The molecule has 8 nitrogen and oxygen atoms in total. The molecule has 0 spiro atoms. The topological polar surface area (TPSA) is 116 Å². The molecule has 5 unspecified atom stereocenters. The Balaban J connectivity index is 1.65. The van der Waals surface area contributed by atoms with Gasteiger partial charge in [-0.3, -0.25) is 14.1 Å². The van der Waals surface area contributed by atoms with Crippen molar-refractivity contribution < 1.29 is 54.3 Å². The molecule has 2 bridgehead atoms. The second kappa shape index (κ2) is 5.51. The Bertz CT molecular complexity index is 708. The van der Waals surface area contributed by atoms with Crippen molar-refractivity contribution in [3.05, 3.63) is 0 Å². The van der Waals surface area contributed by atoms with Crippen LogP contribution in [0.1, 0.15) is 12.8 Å². The first kappa shape index (κ1) is 18.3. The van der Waals surface area contributed by atoms with E-state index in [1.54, 1.807) is 0 Å². The SMILES string of the molecule is O=C(CC(F)(F)C(F)(F)S(=O)(=O)O)OC1CC2OC1C1C(=O)OCC21. The molecule has 0 radical (unpaired) electrons.